The Hall–Kier alpha value is -4.78. The van der Waals surface area contributed by atoms with Crippen molar-refractivity contribution in [3.05, 3.63) is 108 Å². The zero-order valence-electron chi connectivity index (χ0n) is 18.3. The minimum atomic E-state index is -0.896. The monoisotopic (exact) mass is 451 g/mol. The Morgan fingerprint density at radius 2 is 1.50 bits per heavy atom. The van der Waals surface area contributed by atoms with E-state index in [9.17, 15) is 14.4 Å². The van der Waals surface area contributed by atoms with Crippen LogP contribution in [0.5, 0.6) is 5.75 Å². The number of anilines is 1. The summed E-state index contributed by atoms with van der Waals surface area (Å²) >= 11 is 0. The van der Waals surface area contributed by atoms with Gasteiger partial charge in [0.05, 0.1) is 11.8 Å². The van der Waals surface area contributed by atoms with Crippen molar-refractivity contribution >= 4 is 40.5 Å². The summed E-state index contributed by atoms with van der Waals surface area (Å²) in [6.45, 7) is 1.94. The van der Waals surface area contributed by atoms with Gasteiger partial charge in [-0.3, -0.25) is 9.59 Å². The van der Waals surface area contributed by atoms with Gasteiger partial charge in [-0.2, -0.15) is 5.10 Å². The van der Waals surface area contributed by atoms with E-state index in [0.717, 1.165) is 16.3 Å². The van der Waals surface area contributed by atoms with E-state index in [1.807, 2.05) is 49.4 Å². The molecule has 0 fully saturated rings. The van der Waals surface area contributed by atoms with E-state index in [2.05, 4.69) is 15.8 Å². The smallest absolute Gasteiger partial charge is 0.343 e. The minimum Gasteiger partial charge on any atom is -0.423 e. The number of nitrogens with zero attached hydrogens (tertiary/aromatic N) is 1. The summed E-state index contributed by atoms with van der Waals surface area (Å²) in [5.74, 6) is -1.80. The molecule has 168 valence electrons. The predicted octanol–water partition coefficient (Wildman–Crippen LogP) is 4.46. The van der Waals surface area contributed by atoms with Crippen LogP contribution in [0.25, 0.3) is 10.8 Å². The van der Waals surface area contributed by atoms with Crippen LogP contribution in [-0.2, 0) is 9.59 Å². The maximum absolute atomic E-state index is 12.2. The van der Waals surface area contributed by atoms with Gasteiger partial charge in [0, 0.05) is 11.1 Å². The summed E-state index contributed by atoms with van der Waals surface area (Å²) < 4.78 is 5.35. The molecule has 0 saturated heterocycles. The van der Waals surface area contributed by atoms with Crippen molar-refractivity contribution in [3.63, 3.8) is 0 Å². The maximum Gasteiger partial charge on any atom is 0.343 e. The summed E-state index contributed by atoms with van der Waals surface area (Å²) in [6.07, 6.45) is 1.38. The SMILES string of the molecule is Cc1ccc(C(=O)Oc2ccc(/C=N\NC(=O)C(=O)Nc3cccc4ccccc34)cc2)cc1. The van der Waals surface area contributed by atoms with Crippen LogP contribution in [-0.4, -0.2) is 24.0 Å². The van der Waals surface area contributed by atoms with Gasteiger partial charge in [-0.1, -0.05) is 54.1 Å². The molecule has 34 heavy (non-hydrogen) atoms. The van der Waals surface area contributed by atoms with Gasteiger partial charge in [0.25, 0.3) is 0 Å². The van der Waals surface area contributed by atoms with E-state index in [4.69, 9.17) is 4.74 Å². The second-order valence-electron chi connectivity index (χ2n) is 7.50. The Morgan fingerprint density at radius 3 is 2.26 bits per heavy atom. The molecule has 4 rings (SSSR count). The van der Waals surface area contributed by atoms with Crippen LogP contribution in [0.3, 0.4) is 0 Å². The first-order valence-corrected chi connectivity index (χ1v) is 10.5. The number of aryl methyl sites for hydroxylation is 1. The highest BCUT2D eigenvalue weighted by Crippen LogP contribution is 2.22. The number of hydrazone groups is 1. The fourth-order valence-corrected chi connectivity index (χ4v) is 3.21. The van der Waals surface area contributed by atoms with E-state index in [-0.39, 0.29) is 0 Å². The number of rotatable bonds is 5. The Kier molecular flexibility index (Phi) is 6.74. The highest BCUT2D eigenvalue weighted by molar-refractivity contribution is 6.40. The lowest BCUT2D eigenvalue weighted by Crippen LogP contribution is -2.32. The summed E-state index contributed by atoms with van der Waals surface area (Å²) in [6, 6.07) is 26.6. The third-order valence-corrected chi connectivity index (χ3v) is 5.00. The number of benzene rings is 4. The third-order valence-electron chi connectivity index (χ3n) is 5.00. The molecule has 0 aliphatic rings. The number of hydrogen-bond acceptors (Lipinski definition) is 5. The van der Waals surface area contributed by atoms with E-state index in [0.29, 0.717) is 22.6 Å². The molecule has 2 amide bonds. The summed E-state index contributed by atoms with van der Waals surface area (Å²) in [7, 11) is 0. The zero-order valence-corrected chi connectivity index (χ0v) is 18.3. The standard InChI is InChI=1S/C27H21N3O4/c1-18-9-13-21(14-10-18)27(33)34-22-15-11-19(12-16-22)17-28-30-26(32)25(31)29-24-8-4-6-20-5-2-3-7-23(20)24/h2-17H,1H3,(H,29,31)(H,30,32)/b28-17-. The van der Waals surface area contributed by atoms with E-state index in [1.165, 1.54) is 6.21 Å². The molecule has 0 bridgehead atoms. The van der Waals surface area contributed by atoms with E-state index in [1.54, 1.807) is 48.5 Å². The van der Waals surface area contributed by atoms with Crippen LogP contribution in [0.1, 0.15) is 21.5 Å². The van der Waals surface area contributed by atoms with Gasteiger partial charge >= 0.3 is 17.8 Å². The normalized spacial score (nSPS) is 10.7. The van der Waals surface area contributed by atoms with Crippen LogP contribution in [0.4, 0.5) is 5.69 Å². The van der Waals surface area contributed by atoms with Crippen molar-refractivity contribution < 1.29 is 19.1 Å². The molecule has 0 heterocycles. The number of fused-ring (bicyclic) bond motifs is 1. The second-order valence-corrected chi connectivity index (χ2v) is 7.50. The van der Waals surface area contributed by atoms with Gasteiger partial charge in [-0.15, -0.1) is 0 Å². The molecule has 0 spiro atoms. The van der Waals surface area contributed by atoms with Crippen molar-refractivity contribution in [1.82, 2.24) is 5.43 Å². The lowest BCUT2D eigenvalue weighted by Gasteiger charge is -2.07. The lowest BCUT2D eigenvalue weighted by molar-refractivity contribution is -0.136. The van der Waals surface area contributed by atoms with Gasteiger partial charge in [0.15, 0.2) is 0 Å². The molecule has 0 radical (unpaired) electrons. The zero-order chi connectivity index (χ0) is 23.9. The number of amides is 2. The molecular weight excluding hydrogens is 430 g/mol. The summed E-state index contributed by atoms with van der Waals surface area (Å²) in [4.78, 5) is 36.5. The van der Waals surface area contributed by atoms with Crippen molar-refractivity contribution in [3.8, 4) is 5.75 Å². The topological polar surface area (TPSA) is 96.9 Å². The van der Waals surface area contributed by atoms with Crippen LogP contribution in [0.2, 0.25) is 0 Å². The van der Waals surface area contributed by atoms with Crippen molar-refractivity contribution in [2.45, 2.75) is 6.92 Å². The number of hydrogen-bond donors (Lipinski definition) is 2. The summed E-state index contributed by atoms with van der Waals surface area (Å²) in [5, 5.41) is 8.20. The molecular formula is C27H21N3O4. The van der Waals surface area contributed by atoms with Crippen LogP contribution in [0.15, 0.2) is 96.1 Å². The first-order valence-electron chi connectivity index (χ1n) is 10.5. The second kappa shape index (κ2) is 10.2. The van der Waals surface area contributed by atoms with Crippen molar-refractivity contribution in [2.24, 2.45) is 5.10 Å². The Balaban J connectivity index is 1.31. The average molecular weight is 451 g/mol. The minimum absolute atomic E-state index is 0.376. The number of carbonyl (C=O) groups is 3. The van der Waals surface area contributed by atoms with Gasteiger partial charge in [-0.05, 0) is 60.3 Å². The number of carbonyl (C=O) groups excluding carboxylic acids is 3. The van der Waals surface area contributed by atoms with E-state index < -0.39 is 17.8 Å². The predicted molar refractivity (Wildman–Crippen MR) is 131 cm³/mol. The Morgan fingerprint density at radius 1 is 0.794 bits per heavy atom. The van der Waals surface area contributed by atoms with Gasteiger partial charge in [0.2, 0.25) is 0 Å². The molecule has 7 heteroatoms. The first kappa shape index (κ1) is 22.4. The Bertz CT molecular complexity index is 1370. The molecule has 0 aliphatic heterocycles. The van der Waals surface area contributed by atoms with Gasteiger partial charge in [0.1, 0.15) is 5.75 Å². The van der Waals surface area contributed by atoms with Gasteiger partial charge in [-0.25, -0.2) is 10.2 Å². The third kappa shape index (κ3) is 5.52. The quantitative estimate of drug-likeness (QED) is 0.154. The highest BCUT2D eigenvalue weighted by Gasteiger charge is 2.14. The lowest BCUT2D eigenvalue weighted by atomic mass is 10.1. The number of esters is 1. The fourth-order valence-electron chi connectivity index (χ4n) is 3.21. The summed E-state index contributed by atoms with van der Waals surface area (Å²) in [5.41, 5.74) is 4.90. The fraction of sp³-hybridized carbons (Fsp3) is 0.0370. The molecule has 7 nitrogen and oxygen atoms in total. The molecule has 0 unspecified atom stereocenters. The van der Waals surface area contributed by atoms with Crippen LogP contribution < -0.4 is 15.5 Å². The first-order chi connectivity index (χ1) is 16.5. The van der Waals surface area contributed by atoms with E-state index >= 15 is 0 Å². The molecule has 0 atom stereocenters. The molecule has 0 saturated carbocycles. The van der Waals surface area contributed by atoms with Gasteiger partial charge < -0.3 is 10.1 Å². The molecule has 2 N–H and O–H groups in total. The molecule has 0 aromatic heterocycles. The Labute approximate surface area is 196 Å². The molecule has 4 aromatic carbocycles. The maximum atomic E-state index is 12.2. The average Bonchev–Trinajstić information content (AvgIpc) is 2.85. The number of ether oxygens (including phenoxy) is 1. The number of nitrogens with one attached hydrogen (secondary N) is 2. The van der Waals surface area contributed by atoms with Crippen molar-refractivity contribution in [2.75, 3.05) is 5.32 Å². The largest absolute Gasteiger partial charge is 0.423 e. The van der Waals surface area contributed by atoms with Crippen molar-refractivity contribution in [1.29, 1.82) is 0 Å². The molecule has 4 aromatic rings. The molecule has 0 aliphatic carbocycles. The van der Waals surface area contributed by atoms with Crippen LogP contribution in [0, 0.1) is 6.92 Å². The van der Waals surface area contributed by atoms with Crippen LogP contribution >= 0.6 is 0 Å². The highest BCUT2D eigenvalue weighted by atomic mass is 16.5.